The third-order valence-corrected chi connectivity index (χ3v) is 7.10. The summed E-state index contributed by atoms with van der Waals surface area (Å²) in [5.74, 6) is 0. The Morgan fingerprint density at radius 2 is 0.870 bits per heavy atom. The molecule has 9 rings (SSSR count). The van der Waals surface area contributed by atoms with Crippen LogP contribution in [0.15, 0.2) is 163 Å². The molecule has 0 aliphatic heterocycles. The van der Waals surface area contributed by atoms with Crippen LogP contribution in [0.25, 0.3) is 77.2 Å². The van der Waals surface area contributed by atoms with Crippen LogP contribution >= 0.6 is 0 Å². The van der Waals surface area contributed by atoms with Crippen LogP contribution in [0, 0.1) is 11.3 Å². The summed E-state index contributed by atoms with van der Waals surface area (Å²) in [4.78, 5) is 0. The van der Waals surface area contributed by atoms with E-state index in [2.05, 4.69) is 0 Å². The first-order valence-corrected chi connectivity index (χ1v) is 13.3. The van der Waals surface area contributed by atoms with Crippen LogP contribution in [-0.4, -0.2) is 9.13 Å². The number of nitrogens with zero attached hydrogens (tertiary/aromatic N) is 3. The van der Waals surface area contributed by atoms with Gasteiger partial charge in [0, 0.05) is 32.9 Å². The molecule has 0 aliphatic carbocycles. The highest BCUT2D eigenvalue weighted by Gasteiger charge is 2.16. The third kappa shape index (κ3) is 4.05. The molecule has 0 aliphatic rings. The fourth-order valence-corrected chi connectivity index (χ4v) is 5.17. The van der Waals surface area contributed by atoms with Gasteiger partial charge in [0.05, 0.1) is 70.7 Å². The van der Waals surface area contributed by atoms with Crippen molar-refractivity contribution >= 4 is 43.6 Å². The average Bonchev–Trinajstić information content (AvgIpc) is 3.90. The largest absolute Gasteiger partial charge is 0.309 e. The maximum atomic E-state index is 9.92. The summed E-state index contributed by atoms with van der Waals surface area (Å²) in [5, 5.41) is 7.47. The summed E-state index contributed by atoms with van der Waals surface area (Å²) in [6.07, 6.45) is 0. The highest BCUT2D eigenvalue weighted by molar-refractivity contribution is 6.12. The molecule has 0 saturated carbocycles. The summed E-state index contributed by atoms with van der Waals surface area (Å²) in [6, 6.07) is -23.7. The van der Waals surface area contributed by atoms with Gasteiger partial charge in [0.2, 0.25) is 0 Å². The zero-order valence-corrected chi connectivity index (χ0v) is 22.8. The van der Waals surface area contributed by atoms with E-state index in [0.29, 0.717) is 4.57 Å². The van der Waals surface area contributed by atoms with Crippen LogP contribution < -0.4 is 0 Å². The lowest BCUT2D eigenvalue weighted by atomic mass is 10.0. The number of para-hydroxylation sites is 2. The highest BCUT2D eigenvalue weighted by Crippen LogP contribution is 2.38. The first kappa shape index (κ1) is 10.6. The number of hydrogen-bond donors (Lipinski definition) is 0. The molecule has 0 N–H and O–H groups in total. The van der Waals surface area contributed by atoms with Crippen molar-refractivity contribution in [1.82, 2.24) is 9.13 Å². The van der Waals surface area contributed by atoms with Crippen molar-refractivity contribution in [3.8, 4) is 39.7 Å². The van der Waals surface area contributed by atoms with E-state index in [-0.39, 0.29) is 0 Å². The number of rotatable bonds is 4. The molecule has 0 unspecified atom stereocenters. The molecular formula is C43H27N3. The predicted molar refractivity (Wildman–Crippen MR) is 191 cm³/mol. The van der Waals surface area contributed by atoms with Crippen LogP contribution in [0.1, 0.15) is 42.6 Å². The second-order valence-corrected chi connectivity index (χ2v) is 9.62. The van der Waals surface area contributed by atoms with Gasteiger partial charge in [0.1, 0.15) is 0 Å². The average molecular weight is 613 g/mol. The Hall–Kier alpha value is -6.37. The fourth-order valence-electron chi connectivity index (χ4n) is 5.17. The molecule has 2 aromatic heterocycles. The Morgan fingerprint density at radius 1 is 0.391 bits per heavy atom. The summed E-state index contributed by atoms with van der Waals surface area (Å²) in [5.41, 5.74) is -8.22. The molecule has 3 heteroatoms. The van der Waals surface area contributed by atoms with Crippen molar-refractivity contribution in [3.63, 3.8) is 0 Å². The number of hydrogen-bond acceptors (Lipinski definition) is 1. The number of nitriles is 1. The molecule has 0 amide bonds. The Bertz CT molecular complexity index is 4160. The molecule has 0 atom stereocenters. The number of benzene rings is 7. The minimum absolute atomic E-state index is 0.569. The lowest BCUT2D eigenvalue weighted by Gasteiger charge is -2.11. The van der Waals surface area contributed by atoms with Crippen LogP contribution in [0.4, 0.5) is 0 Å². The molecule has 0 radical (unpaired) electrons. The monoisotopic (exact) mass is 612 g/mol. The van der Waals surface area contributed by atoms with Gasteiger partial charge < -0.3 is 9.13 Å². The van der Waals surface area contributed by atoms with Gasteiger partial charge in [-0.1, -0.05) is 96.7 Å². The molecule has 214 valence electrons. The van der Waals surface area contributed by atoms with Crippen molar-refractivity contribution in [2.75, 3.05) is 0 Å². The zero-order valence-electron chi connectivity index (χ0n) is 49.8. The summed E-state index contributed by atoms with van der Waals surface area (Å²) in [6.45, 7) is 0. The van der Waals surface area contributed by atoms with Gasteiger partial charge in [-0.3, -0.25) is 0 Å². The van der Waals surface area contributed by atoms with Crippen molar-refractivity contribution in [2.24, 2.45) is 0 Å². The number of fused-ring (bicyclic) bond motifs is 6. The van der Waals surface area contributed by atoms with E-state index in [1.807, 2.05) is 0 Å². The Labute approximate surface area is 304 Å². The van der Waals surface area contributed by atoms with Gasteiger partial charge in [-0.2, -0.15) is 5.26 Å². The molecular weight excluding hydrogens is 558 g/mol. The van der Waals surface area contributed by atoms with Gasteiger partial charge in [0.25, 0.3) is 0 Å². The van der Waals surface area contributed by atoms with E-state index < -0.39 is 246 Å². The maximum absolute atomic E-state index is 9.92. The van der Waals surface area contributed by atoms with Crippen LogP contribution in [0.5, 0.6) is 0 Å². The summed E-state index contributed by atoms with van der Waals surface area (Å²) >= 11 is 0. The normalized spacial score (nSPS) is 19.7. The van der Waals surface area contributed by atoms with Crippen molar-refractivity contribution in [3.05, 3.63) is 169 Å². The quantitative estimate of drug-likeness (QED) is 0.195. The lowest BCUT2D eigenvalue weighted by Crippen LogP contribution is -1.94. The smallest absolute Gasteiger partial charge is 0.0992 e. The molecule has 0 bridgehead atoms. The minimum Gasteiger partial charge on any atom is -0.309 e. The van der Waals surface area contributed by atoms with Crippen LogP contribution in [0.3, 0.4) is 0 Å². The number of aromatic nitrogens is 2. The van der Waals surface area contributed by atoms with Gasteiger partial charge in [-0.15, -0.1) is 0 Å². The topological polar surface area (TPSA) is 33.6 Å². The Balaban J connectivity index is 1.51. The van der Waals surface area contributed by atoms with Gasteiger partial charge >= 0.3 is 0 Å². The molecule has 0 saturated heterocycles. The van der Waals surface area contributed by atoms with Gasteiger partial charge in [-0.05, 0) is 88.7 Å². The van der Waals surface area contributed by atoms with E-state index in [1.165, 1.54) is 0 Å². The van der Waals surface area contributed by atoms with Gasteiger partial charge in [-0.25, -0.2) is 0 Å². The van der Waals surface area contributed by atoms with Crippen molar-refractivity contribution < 1.29 is 37.0 Å². The Morgan fingerprint density at radius 3 is 1.48 bits per heavy atom. The second kappa shape index (κ2) is 10.4. The van der Waals surface area contributed by atoms with Crippen molar-refractivity contribution in [2.45, 2.75) is 0 Å². The van der Waals surface area contributed by atoms with E-state index in [1.54, 1.807) is 6.07 Å². The lowest BCUT2D eigenvalue weighted by molar-refractivity contribution is 1.18. The first-order valence-electron chi connectivity index (χ1n) is 26.8. The molecule has 0 spiro atoms. The first-order chi connectivity index (χ1) is 34.0. The second-order valence-electron chi connectivity index (χ2n) is 9.62. The third-order valence-electron chi connectivity index (χ3n) is 7.10. The van der Waals surface area contributed by atoms with E-state index in [0.717, 1.165) is 4.57 Å². The molecule has 9 aromatic rings. The van der Waals surface area contributed by atoms with Crippen molar-refractivity contribution in [1.29, 1.82) is 5.26 Å². The molecule has 7 aromatic carbocycles. The molecule has 46 heavy (non-hydrogen) atoms. The SMILES string of the molecule is [2H]c1c([2H])c([2H])c(-c2c([2H])c([2H])c([2H])c(-n3c4c([2H])c([2H])c([2H])c([2H])c4c4c([2H])c(-c5c([2H])c([2H])c6c(c5[2H])c5c([2H])c([2H])c([2H])c([2H])c5n6-c5c([2H])c([2H])c([2H])c(C#N)c5[2H])c([2H])c([2H])c43)c2[2H])c([2H])c1[2H]. The maximum Gasteiger partial charge on any atom is 0.0992 e. The highest BCUT2D eigenvalue weighted by atomic mass is 15.0. The fraction of sp³-hybridized carbons (Fsp3) is 0. The zero-order chi connectivity index (χ0) is 54.1. The van der Waals surface area contributed by atoms with Gasteiger partial charge in [0.15, 0.2) is 0 Å². The minimum atomic E-state index is -1.07. The molecule has 0 fully saturated rings. The van der Waals surface area contributed by atoms with E-state index in [9.17, 15) is 14.9 Å². The van der Waals surface area contributed by atoms with E-state index in [4.69, 9.17) is 27.4 Å². The van der Waals surface area contributed by atoms with Crippen LogP contribution in [-0.2, 0) is 0 Å². The standard InChI is InChI=1S/C43H27N3/c44-28-29-10-8-14-34(24-29)45-40-18-6-4-16-36(40)38-26-32(20-22-42(38)45)33-21-23-43-39(27-33)37-17-5-7-19-41(37)46(43)35-15-9-13-31(25-35)30-11-2-1-3-12-30/h1-27H/i1D,2D,3D,4D,5D,6D,7D,8D,9D,10D,11D,12D,13D,14D,15D,16D,17D,18D,19D,20D,21D,22D,23D,24D,25D,26D,27D. The molecule has 3 nitrogen and oxygen atoms in total. The summed E-state index contributed by atoms with van der Waals surface area (Å²) < 4.78 is 242. The molecule has 2 heterocycles. The summed E-state index contributed by atoms with van der Waals surface area (Å²) in [7, 11) is 0. The van der Waals surface area contributed by atoms with E-state index >= 15 is 0 Å². The predicted octanol–water partition coefficient (Wildman–Crippen LogP) is 11.1. The Kier molecular flexibility index (Phi) is 2.39. The van der Waals surface area contributed by atoms with Crippen LogP contribution in [0.2, 0.25) is 0 Å².